The fourth-order valence-corrected chi connectivity index (χ4v) is 4.26. The minimum Gasteiger partial charge on any atom is -0.361 e. The highest BCUT2D eigenvalue weighted by atomic mass is 32.2. The lowest BCUT2D eigenvalue weighted by atomic mass is 9.88. The number of amides is 2. The summed E-state index contributed by atoms with van der Waals surface area (Å²) in [6, 6.07) is 7.23. The maximum atomic E-state index is 13.0. The van der Waals surface area contributed by atoms with E-state index < -0.39 is 6.04 Å². The summed E-state index contributed by atoms with van der Waals surface area (Å²) in [5, 5.41) is 1.11. The van der Waals surface area contributed by atoms with Crippen LogP contribution in [0.25, 0.3) is 10.9 Å². The summed E-state index contributed by atoms with van der Waals surface area (Å²) in [4.78, 5) is 32.5. The first-order valence-electron chi connectivity index (χ1n) is 8.55. The van der Waals surface area contributed by atoms with Crippen molar-refractivity contribution in [1.82, 2.24) is 14.8 Å². The van der Waals surface area contributed by atoms with Crippen LogP contribution >= 0.6 is 11.8 Å². The number of para-hydroxylation sites is 1. The van der Waals surface area contributed by atoms with Gasteiger partial charge in [-0.3, -0.25) is 9.59 Å². The van der Waals surface area contributed by atoms with Crippen molar-refractivity contribution in [3.05, 3.63) is 36.0 Å². The molecule has 2 aromatic rings. The third-order valence-corrected chi connectivity index (χ3v) is 5.94. The molecule has 6 heteroatoms. The maximum Gasteiger partial charge on any atom is 0.246 e. The van der Waals surface area contributed by atoms with E-state index in [-0.39, 0.29) is 23.8 Å². The van der Waals surface area contributed by atoms with Gasteiger partial charge < -0.3 is 14.8 Å². The Kier molecular flexibility index (Phi) is 5.08. The van der Waals surface area contributed by atoms with E-state index in [2.05, 4.69) is 11.1 Å². The van der Waals surface area contributed by atoms with Crippen LogP contribution < -0.4 is 0 Å². The molecule has 3 atom stereocenters. The van der Waals surface area contributed by atoms with Crippen LogP contribution in [0.4, 0.5) is 0 Å². The number of carbonyl (C=O) groups excluding carboxylic acids is 2. The number of fused-ring (bicyclic) bond motifs is 1. The van der Waals surface area contributed by atoms with Crippen molar-refractivity contribution in [2.45, 2.75) is 31.3 Å². The highest BCUT2D eigenvalue weighted by molar-refractivity contribution is 7.98. The van der Waals surface area contributed by atoms with Crippen molar-refractivity contribution < 1.29 is 9.59 Å². The molecule has 1 aliphatic heterocycles. The SMILES string of the molecule is CSCC[C@@H]1C(=O)N(C)[C@H](C(C)c2c[nH]c3ccccc23)C(=O)N1C. The Bertz CT molecular complexity index is 788. The van der Waals surface area contributed by atoms with Gasteiger partial charge >= 0.3 is 0 Å². The van der Waals surface area contributed by atoms with Gasteiger partial charge in [-0.15, -0.1) is 0 Å². The highest BCUT2D eigenvalue weighted by Gasteiger charge is 2.45. The molecule has 5 nitrogen and oxygen atoms in total. The summed E-state index contributed by atoms with van der Waals surface area (Å²) in [7, 11) is 3.52. The number of hydrogen-bond donors (Lipinski definition) is 1. The molecule has 1 aromatic heterocycles. The summed E-state index contributed by atoms with van der Waals surface area (Å²) in [6.45, 7) is 2.03. The zero-order valence-corrected chi connectivity index (χ0v) is 16.0. The van der Waals surface area contributed by atoms with E-state index in [9.17, 15) is 9.59 Å². The Balaban J connectivity index is 1.91. The van der Waals surface area contributed by atoms with Crippen molar-refractivity contribution in [2.75, 3.05) is 26.1 Å². The van der Waals surface area contributed by atoms with Gasteiger partial charge in [0.15, 0.2) is 0 Å². The Morgan fingerprint density at radius 2 is 1.88 bits per heavy atom. The zero-order valence-electron chi connectivity index (χ0n) is 15.2. The largest absolute Gasteiger partial charge is 0.361 e. The molecule has 1 fully saturated rings. The average molecular weight is 359 g/mol. The van der Waals surface area contributed by atoms with Crippen LogP contribution in [-0.2, 0) is 9.59 Å². The molecule has 0 saturated carbocycles. The normalized spacial score (nSPS) is 22.7. The smallest absolute Gasteiger partial charge is 0.246 e. The predicted octanol–water partition coefficient (Wildman–Crippen LogP) is 2.69. The number of benzene rings is 1. The molecule has 0 aliphatic carbocycles. The minimum absolute atomic E-state index is 0.0194. The first-order valence-corrected chi connectivity index (χ1v) is 9.95. The van der Waals surface area contributed by atoms with E-state index in [1.54, 1.807) is 35.7 Å². The topological polar surface area (TPSA) is 56.4 Å². The molecule has 1 N–H and O–H groups in total. The van der Waals surface area contributed by atoms with E-state index in [4.69, 9.17) is 0 Å². The van der Waals surface area contributed by atoms with Gasteiger partial charge in [0.05, 0.1) is 0 Å². The Morgan fingerprint density at radius 3 is 2.60 bits per heavy atom. The van der Waals surface area contributed by atoms with Gasteiger partial charge in [0.2, 0.25) is 11.8 Å². The van der Waals surface area contributed by atoms with Crippen molar-refractivity contribution in [3.8, 4) is 0 Å². The molecule has 1 unspecified atom stereocenters. The number of piperazine rings is 1. The van der Waals surface area contributed by atoms with Crippen LogP contribution in [0.3, 0.4) is 0 Å². The van der Waals surface area contributed by atoms with Gasteiger partial charge in [0.1, 0.15) is 12.1 Å². The Morgan fingerprint density at radius 1 is 1.16 bits per heavy atom. The van der Waals surface area contributed by atoms with Gasteiger partial charge in [-0.2, -0.15) is 11.8 Å². The molecule has 0 spiro atoms. The first-order chi connectivity index (χ1) is 12.0. The highest BCUT2D eigenvalue weighted by Crippen LogP contribution is 2.33. The van der Waals surface area contributed by atoms with Crippen LogP contribution in [0, 0.1) is 0 Å². The molecule has 1 aliphatic rings. The second kappa shape index (κ2) is 7.12. The third kappa shape index (κ3) is 3.03. The number of hydrogen-bond acceptors (Lipinski definition) is 3. The lowest BCUT2D eigenvalue weighted by Gasteiger charge is -2.44. The monoisotopic (exact) mass is 359 g/mol. The summed E-state index contributed by atoms with van der Waals surface area (Å²) >= 11 is 1.70. The van der Waals surface area contributed by atoms with Crippen LogP contribution in [0.15, 0.2) is 30.5 Å². The van der Waals surface area contributed by atoms with Crippen molar-refractivity contribution in [3.63, 3.8) is 0 Å². The fourth-order valence-electron chi connectivity index (χ4n) is 3.80. The van der Waals surface area contributed by atoms with Crippen LogP contribution in [0.2, 0.25) is 0 Å². The van der Waals surface area contributed by atoms with Gasteiger partial charge in [0, 0.05) is 37.1 Å². The number of nitrogens with zero attached hydrogens (tertiary/aromatic N) is 2. The van der Waals surface area contributed by atoms with E-state index >= 15 is 0 Å². The van der Waals surface area contributed by atoms with Crippen LogP contribution in [0.1, 0.15) is 24.8 Å². The number of carbonyl (C=O) groups is 2. The van der Waals surface area contributed by atoms with Gasteiger partial charge in [-0.05, 0) is 30.1 Å². The lowest BCUT2D eigenvalue weighted by Crippen LogP contribution is -2.63. The Hall–Kier alpha value is -1.95. The van der Waals surface area contributed by atoms with Gasteiger partial charge in [-0.25, -0.2) is 0 Å². The van der Waals surface area contributed by atoms with Crippen molar-refractivity contribution in [1.29, 1.82) is 0 Å². The van der Waals surface area contributed by atoms with E-state index in [0.29, 0.717) is 6.42 Å². The van der Waals surface area contributed by atoms with Gasteiger partial charge in [0.25, 0.3) is 0 Å². The molecule has 2 heterocycles. The molecule has 134 valence electrons. The standard InChI is InChI=1S/C19H25N3O2S/c1-12(14-11-20-15-8-6-5-7-13(14)15)17-19(24)21(2)16(9-10-25-4)18(23)22(17)3/h5-8,11-12,16-17,20H,9-10H2,1-4H3/t12?,16-,17-/m1/s1. The number of nitrogens with one attached hydrogen (secondary N) is 1. The predicted molar refractivity (Wildman–Crippen MR) is 103 cm³/mol. The molecule has 0 radical (unpaired) electrons. The molecule has 1 aromatic carbocycles. The quantitative estimate of drug-likeness (QED) is 0.893. The average Bonchev–Trinajstić information content (AvgIpc) is 3.04. The summed E-state index contributed by atoms with van der Waals surface area (Å²) in [5.41, 5.74) is 2.12. The number of likely N-dealkylation sites (N-methyl/N-ethyl adjacent to an activating group) is 2. The minimum atomic E-state index is -0.470. The summed E-state index contributed by atoms with van der Waals surface area (Å²) in [6.07, 6.45) is 4.67. The number of aromatic amines is 1. The molecule has 1 saturated heterocycles. The summed E-state index contributed by atoms with van der Waals surface area (Å²) < 4.78 is 0. The lowest BCUT2D eigenvalue weighted by molar-refractivity contribution is -0.159. The first kappa shape index (κ1) is 17.9. The second-order valence-electron chi connectivity index (χ2n) is 6.72. The molecule has 0 bridgehead atoms. The number of rotatable bonds is 5. The van der Waals surface area contributed by atoms with Crippen LogP contribution in [0.5, 0.6) is 0 Å². The zero-order chi connectivity index (χ0) is 18.1. The second-order valence-corrected chi connectivity index (χ2v) is 7.70. The molecule has 2 amide bonds. The van der Waals surface area contributed by atoms with E-state index in [1.165, 1.54) is 0 Å². The van der Waals surface area contributed by atoms with Crippen molar-refractivity contribution >= 4 is 34.5 Å². The molecular weight excluding hydrogens is 334 g/mol. The van der Waals surface area contributed by atoms with Gasteiger partial charge in [-0.1, -0.05) is 25.1 Å². The molecule has 25 heavy (non-hydrogen) atoms. The van der Waals surface area contributed by atoms with Crippen molar-refractivity contribution in [2.24, 2.45) is 0 Å². The summed E-state index contributed by atoms with van der Waals surface area (Å²) in [5.74, 6) is 0.838. The fraction of sp³-hybridized carbons (Fsp3) is 0.474. The number of H-pyrrole nitrogens is 1. The maximum absolute atomic E-state index is 13.0. The Labute approximate surface area is 152 Å². The third-order valence-electron chi connectivity index (χ3n) is 5.30. The van der Waals surface area contributed by atoms with E-state index in [1.807, 2.05) is 37.6 Å². The van der Waals surface area contributed by atoms with Crippen LogP contribution in [-0.4, -0.2) is 64.8 Å². The molecule has 3 rings (SSSR count). The number of thioether (sulfide) groups is 1. The number of aromatic nitrogens is 1. The van der Waals surface area contributed by atoms with E-state index in [0.717, 1.165) is 22.2 Å². The molecular formula is C19H25N3O2S.